The number of rotatable bonds is 0. The first-order chi connectivity index (χ1) is 8.49. The molecule has 120 valence electrons. The van der Waals surface area contributed by atoms with Crippen molar-refractivity contribution in [1.29, 1.82) is 0 Å². The van der Waals surface area contributed by atoms with Gasteiger partial charge in [-0.05, 0) is 0 Å². The predicted octanol–water partition coefficient (Wildman–Crippen LogP) is -21.8. The quantitative estimate of drug-likeness (QED) is 0.365. The first kappa shape index (κ1) is 78.0. The maximum absolute atomic E-state index is 8.93. The second-order valence-electron chi connectivity index (χ2n) is 1.73. The van der Waals surface area contributed by atoms with Crippen LogP contribution in [0.2, 0.25) is 0 Å². The molecule has 0 unspecified atom stereocenters. The van der Waals surface area contributed by atoms with Gasteiger partial charge in [0, 0.05) is 0 Å². The minimum Gasteiger partial charge on any atom is -0.855 e. The summed E-state index contributed by atoms with van der Waals surface area (Å²) in [5.41, 5.74) is 0. The summed E-state index contributed by atoms with van der Waals surface area (Å²) in [4.78, 5) is 0. The topological polar surface area (TPSA) is 138 Å². The molecule has 6 nitrogen and oxygen atoms in total. The van der Waals surface area contributed by atoms with Crippen molar-refractivity contribution in [2.24, 2.45) is 0 Å². The molecule has 0 saturated heterocycles. The fourth-order valence-corrected chi connectivity index (χ4v) is 0. The molecular formula is C12H30Na6O6. The van der Waals surface area contributed by atoms with Crippen molar-refractivity contribution in [2.45, 2.75) is 41.5 Å². The van der Waals surface area contributed by atoms with Crippen molar-refractivity contribution >= 4 is 0 Å². The van der Waals surface area contributed by atoms with Crippen LogP contribution in [0, 0.1) is 0 Å². The van der Waals surface area contributed by atoms with Crippen LogP contribution in [0.3, 0.4) is 0 Å². The van der Waals surface area contributed by atoms with Crippen molar-refractivity contribution in [1.82, 2.24) is 0 Å². The Morgan fingerprint density at radius 2 is 0.292 bits per heavy atom. The Kier molecular flexibility index (Phi) is 521. The molecule has 12 heteroatoms. The molecular weight excluding hydrogens is 378 g/mol. The largest absolute Gasteiger partial charge is 1.00 e. The molecule has 0 atom stereocenters. The van der Waals surface area contributed by atoms with Gasteiger partial charge < -0.3 is 30.6 Å². The zero-order valence-corrected chi connectivity index (χ0v) is 30.7. The minimum absolute atomic E-state index is 0. The maximum Gasteiger partial charge on any atom is 1.00 e. The van der Waals surface area contributed by atoms with Crippen LogP contribution in [0.4, 0.5) is 0 Å². The van der Waals surface area contributed by atoms with Gasteiger partial charge in [-0.3, -0.25) is 0 Å². The molecule has 0 spiro atoms. The number of hydrogen-bond donors (Lipinski definition) is 0. The van der Waals surface area contributed by atoms with E-state index < -0.39 is 0 Å². The van der Waals surface area contributed by atoms with Crippen LogP contribution >= 0.6 is 0 Å². The summed E-state index contributed by atoms with van der Waals surface area (Å²) in [6.07, 6.45) is 0. The summed E-state index contributed by atoms with van der Waals surface area (Å²) in [5.74, 6) is 0. The van der Waals surface area contributed by atoms with Crippen molar-refractivity contribution in [2.75, 3.05) is 39.6 Å². The Morgan fingerprint density at radius 3 is 0.292 bits per heavy atom. The first-order valence-corrected chi connectivity index (χ1v) is 5.97. The molecule has 0 rings (SSSR count). The van der Waals surface area contributed by atoms with Crippen molar-refractivity contribution in [3.05, 3.63) is 0 Å². The Balaban J connectivity index is -0.00000000686. The third kappa shape index (κ3) is 599. The maximum atomic E-state index is 8.93. The molecule has 0 N–H and O–H groups in total. The predicted molar refractivity (Wildman–Crippen MR) is 63.2 cm³/mol. The number of hydrogen-bond acceptors (Lipinski definition) is 6. The van der Waals surface area contributed by atoms with Gasteiger partial charge in [-0.15, -0.1) is 39.6 Å². The van der Waals surface area contributed by atoms with E-state index in [2.05, 4.69) is 0 Å². The van der Waals surface area contributed by atoms with Crippen LogP contribution < -0.4 is 208 Å². The first-order valence-electron chi connectivity index (χ1n) is 5.97. The summed E-state index contributed by atoms with van der Waals surface area (Å²) in [7, 11) is 0. The average molecular weight is 408 g/mol. The zero-order chi connectivity index (χ0) is 16.2. The molecule has 24 heavy (non-hydrogen) atoms. The summed E-state index contributed by atoms with van der Waals surface area (Å²) in [6.45, 7) is 9.42. The van der Waals surface area contributed by atoms with E-state index in [9.17, 15) is 0 Å². The Labute approximate surface area is 283 Å². The second kappa shape index (κ2) is 160. The SMILES string of the molecule is CC[O-].CC[O-].CC[O-].CC[O-].CC[O-].CC[O-].[Na+].[Na+].[Na+].[Na+].[Na+].[Na+]. The van der Waals surface area contributed by atoms with Crippen LogP contribution in [0.15, 0.2) is 0 Å². The van der Waals surface area contributed by atoms with Crippen molar-refractivity contribution in [3.8, 4) is 0 Å². The normalized spacial score (nSPS) is 4.50. The Morgan fingerprint density at radius 1 is 0.292 bits per heavy atom. The standard InChI is InChI=1S/6C2H5O.6Na/c6*1-2-3;;;;;;/h6*2H2,1H3;;;;;;/q6*-1;6*+1. The minimum atomic E-state index is 0. The van der Waals surface area contributed by atoms with E-state index in [1.807, 2.05) is 0 Å². The van der Waals surface area contributed by atoms with E-state index in [1.54, 1.807) is 41.5 Å². The molecule has 0 aromatic heterocycles. The van der Waals surface area contributed by atoms with Gasteiger partial charge in [0.1, 0.15) is 0 Å². The van der Waals surface area contributed by atoms with Crippen LogP contribution in [0.1, 0.15) is 41.5 Å². The van der Waals surface area contributed by atoms with Crippen LogP contribution in [-0.2, 0) is 0 Å². The van der Waals surface area contributed by atoms with Gasteiger partial charge in [-0.2, -0.15) is 0 Å². The van der Waals surface area contributed by atoms with Gasteiger partial charge in [0.05, 0.1) is 0 Å². The van der Waals surface area contributed by atoms with E-state index in [0.717, 1.165) is 0 Å². The van der Waals surface area contributed by atoms with Crippen LogP contribution in [0.25, 0.3) is 0 Å². The molecule has 0 amide bonds. The van der Waals surface area contributed by atoms with Gasteiger partial charge in [-0.1, -0.05) is 41.5 Å². The molecule has 0 radical (unpaired) electrons. The van der Waals surface area contributed by atoms with Gasteiger partial charge in [0.15, 0.2) is 0 Å². The van der Waals surface area contributed by atoms with E-state index in [-0.39, 0.29) is 217 Å². The van der Waals surface area contributed by atoms with Gasteiger partial charge >= 0.3 is 177 Å². The molecule has 0 saturated carbocycles. The average Bonchev–Trinajstić information content (AvgIpc) is 2.23. The summed E-state index contributed by atoms with van der Waals surface area (Å²) >= 11 is 0. The van der Waals surface area contributed by atoms with Crippen molar-refractivity contribution < 1.29 is 208 Å². The molecule has 0 aromatic rings. The summed E-state index contributed by atoms with van der Waals surface area (Å²) < 4.78 is 0. The molecule has 0 aliphatic heterocycles. The Bertz CT molecular complexity index is 51.5. The van der Waals surface area contributed by atoms with Crippen LogP contribution in [-0.4, -0.2) is 39.6 Å². The monoisotopic (exact) mass is 408 g/mol. The third-order valence-electron chi connectivity index (χ3n) is 0. The second-order valence-corrected chi connectivity index (χ2v) is 1.73. The fourth-order valence-electron chi connectivity index (χ4n) is 0. The molecule has 0 fully saturated rings. The molecule has 0 bridgehead atoms. The smallest absolute Gasteiger partial charge is 0.855 e. The molecule has 0 heterocycles. The summed E-state index contributed by atoms with van der Waals surface area (Å²) in [5, 5.41) is 53.6. The van der Waals surface area contributed by atoms with Gasteiger partial charge in [-0.25, -0.2) is 0 Å². The third-order valence-corrected chi connectivity index (χ3v) is 0. The fraction of sp³-hybridized carbons (Fsp3) is 1.00. The van der Waals surface area contributed by atoms with E-state index >= 15 is 0 Å². The van der Waals surface area contributed by atoms with Crippen molar-refractivity contribution in [3.63, 3.8) is 0 Å². The van der Waals surface area contributed by atoms with E-state index in [1.165, 1.54) is 0 Å². The molecule has 0 aliphatic carbocycles. The van der Waals surface area contributed by atoms with E-state index in [0.29, 0.717) is 0 Å². The van der Waals surface area contributed by atoms with Crippen LogP contribution in [0.5, 0.6) is 0 Å². The van der Waals surface area contributed by atoms with Gasteiger partial charge in [0.2, 0.25) is 0 Å². The Hall–Kier alpha value is 5.76. The van der Waals surface area contributed by atoms with E-state index in [4.69, 9.17) is 30.6 Å². The van der Waals surface area contributed by atoms with Gasteiger partial charge in [0.25, 0.3) is 0 Å². The molecule has 0 aromatic carbocycles. The molecule has 0 aliphatic rings. The summed E-state index contributed by atoms with van der Waals surface area (Å²) in [6, 6.07) is 0. The zero-order valence-electron chi connectivity index (χ0n) is 18.7.